The van der Waals surface area contributed by atoms with E-state index >= 15 is 0 Å². The highest BCUT2D eigenvalue weighted by molar-refractivity contribution is 7.91. The molecule has 0 aliphatic rings. The molecule has 0 atom stereocenters. The second kappa shape index (κ2) is 6.99. The molecule has 1 aromatic carbocycles. The van der Waals surface area contributed by atoms with E-state index in [1.165, 1.54) is 19.2 Å². The van der Waals surface area contributed by atoms with Crippen LogP contribution in [0.1, 0.15) is 10.4 Å². The molecule has 1 aromatic heterocycles. The Morgan fingerprint density at radius 1 is 1.23 bits per heavy atom. The maximum atomic E-state index is 13.4. The van der Waals surface area contributed by atoms with Gasteiger partial charge in [0.2, 0.25) is 15.9 Å². The lowest BCUT2D eigenvalue weighted by Crippen LogP contribution is -2.24. The summed E-state index contributed by atoms with van der Waals surface area (Å²) in [7, 11) is -2.13. The van der Waals surface area contributed by atoms with Gasteiger partial charge in [-0.25, -0.2) is 17.5 Å². The van der Waals surface area contributed by atoms with Gasteiger partial charge in [-0.05, 0) is 30.8 Å². The smallest absolute Gasteiger partial charge is 0.249 e. The summed E-state index contributed by atoms with van der Waals surface area (Å²) < 4.78 is 39.1. The normalized spacial score (nSPS) is 11.4. The number of carbonyl (C=O) groups is 1. The second-order valence-corrected chi connectivity index (χ2v) is 7.75. The number of thiophene rings is 1. The van der Waals surface area contributed by atoms with Crippen LogP contribution in [0.25, 0.3) is 0 Å². The molecule has 0 unspecified atom stereocenters. The van der Waals surface area contributed by atoms with E-state index in [1.807, 2.05) is 0 Å². The lowest BCUT2D eigenvalue weighted by molar-refractivity contribution is -0.120. The van der Waals surface area contributed by atoms with Crippen LogP contribution in [0.15, 0.2) is 40.6 Å². The third kappa shape index (κ3) is 4.12. The first-order valence-corrected chi connectivity index (χ1v) is 8.74. The Labute approximate surface area is 132 Å². The van der Waals surface area contributed by atoms with Crippen molar-refractivity contribution in [1.82, 2.24) is 10.0 Å². The highest BCUT2D eigenvalue weighted by atomic mass is 32.2. The van der Waals surface area contributed by atoms with Crippen LogP contribution in [-0.4, -0.2) is 21.4 Å². The third-order valence-corrected chi connectivity index (χ3v) is 5.93. The maximum absolute atomic E-state index is 13.4. The van der Waals surface area contributed by atoms with Crippen molar-refractivity contribution in [2.75, 3.05) is 7.05 Å². The van der Waals surface area contributed by atoms with E-state index in [-0.39, 0.29) is 23.1 Å². The topological polar surface area (TPSA) is 75.3 Å². The molecular weight excluding hydrogens is 327 g/mol. The molecule has 2 rings (SSSR count). The summed E-state index contributed by atoms with van der Waals surface area (Å²) in [5.41, 5.74) is 0.324. The van der Waals surface area contributed by atoms with Gasteiger partial charge in [-0.1, -0.05) is 18.2 Å². The zero-order valence-electron chi connectivity index (χ0n) is 11.8. The number of carbonyl (C=O) groups excluding carboxylic acids is 1. The van der Waals surface area contributed by atoms with E-state index in [1.54, 1.807) is 24.3 Å². The van der Waals surface area contributed by atoms with Gasteiger partial charge in [0.1, 0.15) is 10.0 Å². The Balaban J connectivity index is 1.93. The fourth-order valence-electron chi connectivity index (χ4n) is 1.76. The Morgan fingerprint density at radius 3 is 2.64 bits per heavy atom. The van der Waals surface area contributed by atoms with Crippen LogP contribution in [0, 0.1) is 5.82 Å². The zero-order chi connectivity index (χ0) is 16.2. The lowest BCUT2D eigenvalue weighted by Gasteiger charge is -2.04. The van der Waals surface area contributed by atoms with E-state index in [4.69, 9.17) is 0 Å². The van der Waals surface area contributed by atoms with Crippen molar-refractivity contribution in [2.45, 2.75) is 17.2 Å². The van der Waals surface area contributed by atoms with Crippen LogP contribution in [0.5, 0.6) is 0 Å². The maximum Gasteiger partial charge on any atom is 0.249 e. The van der Waals surface area contributed by atoms with E-state index in [0.717, 1.165) is 11.3 Å². The average Bonchev–Trinajstić information content (AvgIpc) is 2.97. The van der Waals surface area contributed by atoms with Gasteiger partial charge in [-0.3, -0.25) is 4.79 Å². The SMILES string of the molecule is CNS(=O)(=O)c1ccc(CNC(=O)Cc2ccccc2F)s1. The van der Waals surface area contributed by atoms with Gasteiger partial charge in [0.25, 0.3) is 0 Å². The Morgan fingerprint density at radius 2 is 1.95 bits per heavy atom. The van der Waals surface area contributed by atoms with Crippen molar-refractivity contribution in [2.24, 2.45) is 0 Å². The molecule has 0 saturated heterocycles. The number of nitrogens with one attached hydrogen (secondary N) is 2. The molecule has 0 fully saturated rings. The number of benzene rings is 1. The molecule has 5 nitrogen and oxygen atoms in total. The van der Waals surface area contributed by atoms with Crippen LogP contribution in [0.3, 0.4) is 0 Å². The molecule has 118 valence electrons. The van der Waals surface area contributed by atoms with Gasteiger partial charge in [-0.15, -0.1) is 11.3 Å². The molecular formula is C14H15FN2O3S2. The van der Waals surface area contributed by atoms with Crippen LogP contribution >= 0.6 is 11.3 Å². The van der Waals surface area contributed by atoms with E-state index in [2.05, 4.69) is 10.0 Å². The summed E-state index contributed by atoms with van der Waals surface area (Å²) in [4.78, 5) is 12.5. The number of sulfonamides is 1. The van der Waals surface area contributed by atoms with Gasteiger partial charge in [0, 0.05) is 4.88 Å². The molecule has 0 bridgehead atoms. The van der Waals surface area contributed by atoms with Crippen LogP contribution < -0.4 is 10.0 Å². The monoisotopic (exact) mass is 342 g/mol. The first-order valence-electron chi connectivity index (χ1n) is 6.45. The fraction of sp³-hybridized carbons (Fsp3) is 0.214. The Bertz CT molecular complexity index is 772. The number of rotatable bonds is 6. The first kappa shape index (κ1) is 16.6. The predicted octanol–water partition coefficient (Wildman–Crippen LogP) is 1.65. The highest BCUT2D eigenvalue weighted by Gasteiger charge is 2.14. The van der Waals surface area contributed by atoms with Crippen molar-refractivity contribution in [3.05, 3.63) is 52.7 Å². The van der Waals surface area contributed by atoms with Crippen molar-refractivity contribution in [3.63, 3.8) is 0 Å². The summed E-state index contributed by atoms with van der Waals surface area (Å²) in [6.07, 6.45) is -0.0558. The molecule has 0 spiro atoms. The molecule has 0 aliphatic carbocycles. The van der Waals surface area contributed by atoms with Gasteiger partial charge < -0.3 is 5.32 Å². The molecule has 1 heterocycles. The lowest BCUT2D eigenvalue weighted by atomic mass is 10.1. The summed E-state index contributed by atoms with van der Waals surface area (Å²) in [5, 5.41) is 2.65. The minimum atomic E-state index is -3.46. The van der Waals surface area contributed by atoms with Gasteiger partial charge >= 0.3 is 0 Å². The minimum absolute atomic E-state index is 0.0558. The molecule has 0 radical (unpaired) electrons. The minimum Gasteiger partial charge on any atom is -0.351 e. The summed E-state index contributed by atoms with van der Waals surface area (Å²) in [6, 6.07) is 9.20. The van der Waals surface area contributed by atoms with Gasteiger partial charge in [0.05, 0.1) is 13.0 Å². The van der Waals surface area contributed by atoms with Crippen molar-refractivity contribution in [3.8, 4) is 0 Å². The van der Waals surface area contributed by atoms with Crippen molar-refractivity contribution in [1.29, 1.82) is 0 Å². The van der Waals surface area contributed by atoms with E-state index in [0.29, 0.717) is 10.4 Å². The number of halogens is 1. The zero-order valence-corrected chi connectivity index (χ0v) is 13.4. The number of hydrogen-bond donors (Lipinski definition) is 2. The predicted molar refractivity (Wildman–Crippen MR) is 82.5 cm³/mol. The molecule has 0 saturated carbocycles. The second-order valence-electron chi connectivity index (χ2n) is 4.47. The molecule has 0 aliphatic heterocycles. The largest absolute Gasteiger partial charge is 0.351 e. The molecule has 2 aromatic rings. The number of hydrogen-bond acceptors (Lipinski definition) is 4. The first-order chi connectivity index (χ1) is 10.4. The molecule has 2 N–H and O–H groups in total. The number of amides is 1. The van der Waals surface area contributed by atoms with Crippen molar-refractivity contribution < 1.29 is 17.6 Å². The quantitative estimate of drug-likeness (QED) is 0.838. The fourth-order valence-corrected chi connectivity index (χ4v) is 3.89. The van der Waals surface area contributed by atoms with Crippen LogP contribution in [0.2, 0.25) is 0 Å². The average molecular weight is 342 g/mol. The standard InChI is InChI=1S/C14H15FN2O3S2/c1-16-22(19,20)14-7-6-11(21-14)9-17-13(18)8-10-4-2-3-5-12(10)15/h2-7,16H,8-9H2,1H3,(H,17,18). The van der Waals surface area contributed by atoms with Gasteiger partial charge in [-0.2, -0.15) is 0 Å². The third-order valence-electron chi connectivity index (χ3n) is 2.94. The molecule has 22 heavy (non-hydrogen) atoms. The highest BCUT2D eigenvalue weighted by Crippen LogP contribution is 2.21. The van der Waals surface area contributed by atoms with E-state index < -0.39 is 15.8 Å². The molecule has 1 amide bonds. The summed E-state index contributed by atoms with van der Waals surface area (Å²) in [5.74, 6) is -0.743. The van der Waals surface area contributed by atoms with Crippen molar-refractivity contribution >= 4 is 27.3 Å². The van der Waals surface area contributed by atoms with E-state index in [9.17, 15) is 17.6 Å². The summed E-state index contributed by atoms with van der Waals surface area (Å²) in [6.45, 7) is 0.206. The Hall–Kier alpha value is -1.77. The Kier molecular flexibility index (Phi) is 5.28. The van der Waals surface area contributed by atoms with Gasteiger partial charge in [0.15, 0.2) is 0 Å². The van der Waals surface area contributed by atoms with Crippen LogP contribution in [0.4, 0.5) is 4.39 Å². The molecule has 8 heteroatoms. The van der Waals surface area contributed by atoms with Crippen LogP contribution in [-0.2, 0) is 27.8 Å². The summed E-state index contributed by atoms with van der Waals surface area (Å²) >= 11 is 1.08.